The van der Waals surface area contributed by atoms with Crippen LogP contribution < -0.4 is 5.32 Å². The van der Waals surface area contributed by atoms with Gasteiger partial charge in [-0.2, -0.15) is 0 Å². The van der Waals surface area contributed by atoms with E-state index in [-0.39, 0.29) is 5.91 Å². The van der Waals surface area contributed by atoms with Crippen LogP contribution >= 0.6 is 11.8 Å². The molecule has 1 aromatic carbocycles. The van der Waals surface area contributed by atoms with E-state index in [2.05, 4.69) is 20.3 Å². The molecule has 3 heterocycles. The summed E-state index contributed by atoms with van der Waals surface area (Å²) in [7, 11) is 0. The molecular formula is C18H12N4OS. The molecule has 0 unspecified atom stereocenters. The summed E-state index contributed by atoms with van der Waals surface area (Å²) in [4.78, 5) is 25.6. The van der Waals surface area contributed by atoms with Crippen LogP contribution in [0.1, 0.15) is 5.56 Å². The van der Waals surface area contributed by atoms with Crippen LogP contribution in [-0.4, -0.2) is 21.0 Å². The Bertz CT molecular complexity index is 977. The van der Waals surface area contributed by atoms with Gasteiger partial charge in [0.15, 0.2) is 11.0 Å². The van der Waals surface area contributed by atoms with Gasteiger partial charge < -0.3 is 5.32 Å². The van der Waals surface area contributed by atoms with Crippen LogP contribution in [0.4, 0.5) is 5.82 Å². The van der Waals surface area contributed by atoms with Crippen molar-refractivity contribution in [1.82, 2.24) is 15.3 Å². The molecular weight excluding hydrogens is 320 g/mol. The summed E-state index contributed by atoms with van der Waals surface area (Å²) in [5.74, 6) is 0.409. The third-order valence-corrected chi connectivity index (χ3v) is 4.40. The molecule has 3 aromatic rings. The van der Waals surface area contributed by atoms with Gasteiger partial charge in [-0.1, -0.05) is 24.3 Å². The van der Waals surface area contributed by atoms with E-state index in [1.54, 1.807) is 18.5 Å². The Balaban J connectivity index is 1.68. The molecule has 6 heteroatoms. The van der Waals surface area contributed by atoms with Gasteiger partial charge in [0, 0.05) is 17.8 Å². The zero-order chi connectivity index (χ0) is 16.4. The van der Waals surface area contributed by atoms with Gasteiger partial charge in [0.25, 0.3) is 5.91 Å². The Kier molecular flexibility index (Phi) is 3.80. The highest BCUT2D eigenvalue weighted by Crippen LogP contribution is 2.29. The number of aromatic nitrogens is 2. The van der Waals surface area contributed by atoms with Gasteiger partial charge >= 0.3 is 0 Å². The monoisotopic (exact) mass is 332 g/mol. The van der Waals surface area contributed by atoms with Crippen LogP contribution in [0.3, 0.4) is 0 Å². The number of pyridine rings is 2. The molecule has 24 heavy (non-hydrogen) atoms. The normalized spacial score (nSPS) is 17.6. The molecule has 1 saturated heterocycles. The van der Waals surface area contributed by atoms with Crippen molar-refractivity contribution in [3.05, 3.63) is 71.4 Å². The molecule has 0 atom stereocenters. The number of benzene rings is 1. The second-order valence-corrected chi connectivity index (χ2v) is 6.12. The molecule has 116 valence electrons. The maximum absolute atomic E-state index is 12.2. The quantitative estimate of drug-likeness (QED) is 0.729. The average Bonchev–Trinajstić information content (AvgIpc) is 2.95. The van der Waals surface area contributed by atoms with E-state index < -0.39 is 0 Å². The van der Waals surface area contributed by atoms with Crippen LogP contribution in [0.2, 0.25) is 0 Å². The third kappa shape index (κ3) is 2.91. The van der Waals surface area contributed by atoms with Crippen molar-refractivity contribution in [2.75, 3.05) is 0 Å². The summed E-state index contributed by atoms with van der Waals surface area (Å²) in [6, 6.07) is 15.2. The number of rotatable bonds is 2. The maximum Gasteiger partial charge on any atom is 0.264 e. The first-order valence-corrected chi connectivity index (χ1v) is 8.16. The first-order chi connectivity index (χ1) is 11.8. The predicted molar refractivity (Wildman–Crippen MR) is 96.8 cm³/mol. The molecule has 0 aliphatic carbocycles. The molecule has 0 radical (unpaired) electrons. The minimum atomic E-state index is -0.157. The standard InChI is InChI=1S/C18H12N4OS/c23-17-15(24-18(22-17)21-16-7-3-4-9-20-16)11-12-8-10-19-14-6-2-1-5-13(12)14/h1-11H,(H,20,21,22,23)/b15-11-. The fourth-order valence-corrected chi connectivity index (χ4v) is 3.21. The van der Waals surface area contributed by atoms with Crippen molar-refractivity contribution in [1.29, 1.82) is 0 Å². The number of carbonyl (C=O) groups is 1. The number of fused-ring (bicyclic) bond motifs is 1. The zero-order valence-electron chi connectivity index (χ0n) is 12.5. The lowest BCUT2D eigenvalue weighted by atomic mass is 10.1. The Morgan fingerprint density at radius 2 is 1.88 bits per heavy atom. The van der Waals surface area contributed by atoms with Crippen LogP contribution in [-0.2, 0) is 4.79 Å². The Morgan fingerprint density at radius 1 is 1.00 bits per heavy atom. The second-order valence-electron chi connectivity index (χ2n) is 5.09. The number of amidine groups is 1. The fourth-order valence-electron chi connectivity index (χ4n) is 2.39. The molecule has 4 rings (SSSR count). The summed E-state index contributed by atoms with van der Waals surface area (Å²) in [6.45, 7) is 0. The predicted octanol–water partition coefficient (Wildman–Crippen LogP) is 3.52. The van der Waals surface area contributed by atoms with E-state index in [4.69, 9.17) is 0 Å². The van der Waals surface area contributed by atoms with Gasteiger partial charge in [-0.15, -0.1) is 0 Å². The third-order valence-electron chi connectivity index (χ3n) is 3.49. The van der Waals surface area contributed by atoms with Crippen molar-refractivity contribution in [2.45, 2.75) is 0 Å². The average molecular weight is 332 g/mol. The number of nitrogens with zero attached hydrogens (tertiary/aromatic N) is 3. The summed E-state index contributed by atoms with van der Waals surface area (Å²) in [5.41, 5.74) is 1.86. The molecule has 1 N–H and O–H groups in total. The van der Waals surface area contributed by atoms with Crippen LogP contribution in [0.25, 0.3) is 17.0 Å². The van der Waals surface area contributed by atoms with E-state index in [9.17, 15) is 4.79 Å². The first-order valence-electron chi connectivity index (χ1n) is 7.34. The van der Waals surface area contributed by atoms with Gasteiger partial charge in [0.1, 0.15) is 0 Å². The number of carbonyl (C=O) groups excluding carboxylic acids is 1. The Labute approximate surface area is 142 Å². The summed E-state index contributed by atoms with van der Waals surface area (Å²) in [5, 5.41) is 4.31. The lowest BCUT2D eigenvalue weighted by molar-refractivity contribution is -0.115. The Hall–Kier alpha value is -2.99. The largest absolute Gasteiger partial charge is 0.300 e. The van der Waals surface area contributed by atoms with Crippen LogP contribution in [0.15, 0.2) is 70.8 Å². The van der Waals surface area contributed by atoms with E-state index in [0.29, 0.717) is 15.9 Å². The topological polar surface area (TPSA) is 67.2 Å². The van der Waals surface area contributed by atoms with Crippen LogP contribution in [0.5, 0.6) is 0 Å². The van der Waals surface area contributed by atoms with Crippen molar-refractivity contribution in [2.24, 2.45) is 4.99 Å². The van der Waals surface area contributed by atoms with Crippen molar-refractivity contribution in [3.63, 3.8) is 0 Å². The van der Waals surface area contributed by atoms with Gasteiger partial charge in [-0.25, -0.2) is 9.98 Å². The minimum Gasteiger partial charge on any atom is -0.300 e. The van der Waals surface area contributed by atoms with Gasteiger partial charge in [0.2, 0.25) is 0 Å². The number of thioether (sulfide) groups is 1. The number of hydrogen-bond acceptors (Lipinski definition) is 5. The first kappa shape index (κ1) is 14.6. The summed E-state index contributed by atoms with van der Waals surface area (Å²) in [6.07, 6.45) is 5.28. The van der Waals surface area contributed by atoms with E-state index in [1.165, 1.54) is 11.8 Å². The van der Waals surface area contributed by atoms with E-state index >= 15 is 0 Å². The lowest BCUT2D eigenvalue weighted by Gasteiger charge is -2.01. The Morgan fingerprint density at radius 3 is 2.75 bits per heavy atom. The smallest absolute Gasteiger partial charge is 0.264 e. The minimum absolute atomic E-state index is 0.157. The number of aliphatic imine (C=N–C) groups is 1. The molecule has 0 spiro atoms. The van der Waals surface area contributed by atoms with E-state index in [1.807, 2.05) is 48.5 Å². The SMILES string of the molecule is O=C1NC(=Nc2ccccn2)S/C1=C\c1ccnc2ccccc12. The molecule has 2 aromatic heterocycles. The number of amides is 1. The molecule has 1 fully saturated rings. The lowest BCUT2D eigenvalue weighted by Crippen LogP contribution is -2.19. The summed E-state index contributed by atoms with van der Waals surface area (Å²) < 4.78 is 0. The van der Waals surface area contributed by atoms with Gasteiger partial charge in [-0.05, 0) is 47.7 Å². The van der Waals surface area contributed by atoms with E-state index in [0.717, 1.165) is 16.5 Å². The molecule has 1 amide bonds. The highest BCUT2D eigenvalue weighted by molar-refractivity contribution is 8.18. The number of para-hydroxylation sites is 1. The zero-order valence-corrected chi connectivity index (χ0v) is 13.3. The molecule has 0 saturated carbocycles. The molecule has 1 aliphatic rings. The van der Waals surface area contributed by atoms with Gasteiger partial charge in [0.05, 0.1) is 10.4 Å². The van der Waals surface area contributed by atoms with Crippen molar-refractivity contribution < 1.29 is 4.79 Å². The molecule has 0 bridgehead atoms. The number of nitrogens with one attached hydrogen (secondary N) is 1. The molecule has 1 aliphatic heterocycles. The van der Waals surface area contributed by atoms with Gasteiger partial charge in [-0.3, -0.25) is 9.78 Å². The number of hydrogen-bond donors (Lipinski definition) is 1. The molecule has 5 nitrogen and oxygen atoms in total. The van der Waals surface area contributed by atoms with Crippen molar-refractivity contribution in [3.8, 4) is 0 Å². The second kappa shape index (κ2) is 6.25. The summed E-state index contributed by atoms with van der Waals surface area (Å²) >= 11 is 1.31. The maximum atomic E-state index is 12.2. The highest BCUT2D eigenvalue weighted by Gasteiger charge is 2.24. The fraction of sp³-hybridized carbons (Fsp3) is 0. The van der Waals surface area contributed by atoms with Crippen LogP contribution in [0, 0.1) is 0 Å². The highest BCUT2D eigenvalue weighted by atomic mass is 32.2. The van der Waals surface area contributed by atoms with Crippen molar-refractivity contribution >= 4 is 45.6 Å².